The lowest BCUT2D eigenvalue weighted by atomic mass is 9.52. The molecule has 0 aromatic heterocycles. The Morgan fingerprint density at radius 1 is 1.08 bits per heavy atom. The van der Waals surface area contributed by atoms with Crippen LogP contribution in [0.1, 0.15) is 72.6 Å². The van der Waals surface area contributed by atoms with Crippen molar-refractivity contribution in [2.75, 3.05) is 0 Å². The first kappa shape index (κ1) is 21.4. The van der Waals surface area contributed by atoms with Crippen molar-refractivity contribution in [3.05, 3.63) is 0 Å². The lowest BCUT2D eigenvalue weighted by molar-refractivity contribution is -0.00897. The van der Waals surface area contributed by atoms with Crippen molar-refractivity contribution in [1.82, 2.24) is 0 Å². The molecule has 3 atom stereocenters. The minimum absolute atomic E-state index is 0.228. The number of aliphatic imine (C=N–C) groups is 1. The van der Waals surface area contributed by atoms with Crippen LogP contribution in [0.4, 0.5) is 0 Å². The standard InChI is InChI=1S/C16H31NO6P2/c1-5-14-10-9-12(11-14)15(6-2,7-3)16(14,8-4)17-13(24(18,19)20)25(21,22)23/h12,18-20H,5-11H2,1-4H3,(H-,21,22,23)/p+1. The zero-order valence-electron chi connectivity index (χ0n) is 15.5. The summed E-state index contributed by atoms with van der Waals surface area (Å²) in [5.41, 5.74) is -1.29. The summed E-state index contributed by atoms with van der Waals surface area (Å²) in [5.74, 6) is 0.396. The molecule has 0 aliphatic heterocycles. The molecule has 3 unspecified atom stereocenters. The Morgan fingerprint density at radius 2 is 1.64 bits per heavy atom. The van der Waals surface area contributed by atoms with E-state index in [1.165, 1.54) is 0 Å². The largest absolute Gasteiger partial charge is 0.469 e. The van der Waals surface area contributed by atoms with Gasteiger partial charge in [-0.15, -0.1) is 0 Å². The molecule has 25 heavy (non-hydrogen) atoms. The highest BCUT2D eigenvalue weighted by Crippen LogP contribution is 2.75. The molecule has 9 heteroatoms. The van der Waals surface area contributed by atoms with Gasteiger partial charge in [-0.2, -0.15) is 14.7 Å². The molecule has 0 spiro atoms. The van der Waals surface area contributed by atoms with E-state index in [1.54, 1.807) is 0 Å². The van der Waals surface area contributed by atoms with Gasteiger partial charge in [-0.05, 0) is 61.7 Å². The molecule has 0 radical (unpaired) electrons. The van der Waals surface area contributed by atoms with Gasteiger partial charge in [-0.25, -0.2) is 9.56 Å². The predicted octanol–water partition coefficient (Wildman–Crippen LogP) is 3.42. The Labute approximate surface area is 150 Å². The SMILES string of the molecule is CCC12CCC(C1)C(CC)(CC)C2(CC)N=C(P(=O)(O)O)[P+](O)(O)O. The summed E-state index contributed by atoms with van der Waals surface area (Å²) >= 11 is 0. The molecule has 2 rings (SSSR count). The summed E-state index contributed by atoms with van der Waals surface area (Å²) < 4.78 is 11.9. The fourth-order valence-electron chi connectivity index (χ4n) is 6.38. The molecule has 2 saturated carbocycles. The summed E-state index contributed by atoms with van der Waals surface area (Å²) in [6.07, 6.45) is 5.87. The van der Waals surface area contributed by atoms with Crippen molar-refractivity contribution in [2.45, 2.75) is 78.2 Å². The van der Waals surface area contributed by atoms with E-state index in [-0.39, 0.29) is 10.8 Å². The number of hydrogen-bond donors (Lipinski definition) is 5. The monoisotopic (exact) mass is 396 g/mol. The Balaban J connectivity index is 2.82. The van der Waals surface area contributed by atoms with Gasteiger partial charge in [0.15, 0.2) is 0 Å². The molecule has 146 valence electrons. The van der Waals surface area contributed by atoms with Crippen molar-refractivity contribution in [1.29, 1.82) is 0 Å². The molecular weight excluding hydrogens is 364 g/mol. The maximum atomic E-state index is 11.9. The Morgan fingerprint density at radius 3 is 2.00 bits per heavy atom. The van der Waals surface area contributed by atoms with Gasteiger partial charge >= 0.3 is 20.7 Å². The van der Waals surface area contributed by atoms with Crippen LogP contribution in [0.2, 0.25) is 0 Å². The molecule has 0 aromatic rings. The van der Waals surface area contributed by atoms with E-state index >= 15 is 0 Å². The van der Waals surface area contributed by atoms with E-state index in [0.29, 0.717) is 12.3 Å². The van der Waals surface area contributed by atoms with Gasteiger partial charge in [0.2, 0.25) is 0 Å². The Hall–Kier alpha value is 0.130. The number of rotatable bonds is 7. The molecule has 2 aliphatic rings. The van der Waals surface area contributed by atoms with Crippen LogP contribution in [-0.2, 0) is 4.57 Å². The van der Waals surface area contributed by atoms with Crippen LogP contribution in [-0.4, -0.2) is 35.2 Å². The first-order chi connectivity index (χ1) is 11.4. The summed E-state index contributed by atoms with van der Waals surface area (Å²) in [5, 5.41) is -1.12. The fraction of sp³-hybridized carbons (Fsp3) is 0.938. The topological polar surface area (TPSA) is 131 Å². The molecule has 5 N–H and O–H groups in total. The van der Waals surface area contributed by atoms with Crippen LogP contribution < -0.4 is 0 Å². The van der Waals surface area contributed by atoms with Crippen LogP contribution in [0.15, 0.2) is 4.99 Å². The lowest BCUT2D eigenvalue weighted by Gasteiger charge is -2.55. The molecule has 2 bridgehead atoms. The van der Waals surface area contributed by atoms with Gasteiger partial charge in [0.05, 0.1) is 5.54 Å². The van der Waals surface area contributed by atoms with Gasteiger partial charge in [0, 0.05) is 0 Å². The summed E-state index contributed by atoms with van der Waals surface area (Å²) in [6.45, 7) is 8.17. The third kappa shape index (κ3) is 2.87. The zero-order valence-corrected chi connectivity index (χ0v) is 17.3. The zero-order chi connectivity index (χ0) is 19.3. The minimum atomic E-state index is -5.10. The number of hydrogen-bond acceptors (Lipinski definition) is 5. The maximum Gasteiger partial charge on any atom is 0.469 e. The normalized spacial score (nSPS) is 35.4. The third-order valence-electron chi connectivity index (χ3n) is 7.36. The van der Waals surface area contributed by atoms with Crippen molar-refractivity contribution in [3.63, 3.8) is 0 Å². The Bertz CT molecular complexity index is 594. The molecule has 7 nitrogen and oxygen atoms in total. The molecule has 0 amide bonds. The maximum absolute atomic E-state index is 11.9. The Kier molecular flexibility index (Phi) is 5.68. The van der Waals surface area contributed by atoms with Gasteiger partial charge in [-0.3, -0.25) is 0 Å². The highest BCUT2D eigenvalue weighted by molar-refractivity contribution is 8.00. The van der Waals surface area contributed by atoms with Crippen LogP contribution in [0.5, 0.6) is 0 Å². The average Bonchev–Trinajstić information content (AvgIpc) is 3.04. The summed E-state index contributed by atoms with van der Waals surface area (Å²) in [4.78, 5) is 52.9. The van der Waals surface area contributed by atoms with E-state index in [4.69, 9.17) is 0 Å². The van der Waals surface area contributed by atoms with E-state index in [2.05, 4.69) is 25.8 Å². The highest BCUT2D eigenvalue weighted by Gasteiger charge is 2.72. The van der Waals surface area contributed by atoms with Gasteiger partial charge < -0.3 is 9.79 Å². The van der Waals surface area contributed by atoms with Crippen LogP contribution in [0.25, 0.3) is 0 Å². The fourth-order valence-corrected chi connectivity index (χ4v) is 8.38. The molecule has 0 aromatic carbocycles. The predicted molar refractivity (Wildman–Crippen MR) is 99.2 cm³/mol. The summed E-state index contributed by atoms with van der Waals surface area (Å²) in [6, 6.07) is 0. The third-order valence-corrected chi connectivity index (χ3v) is 10.2. The van der Waals surface area contributed by atoms with E-state index < -0.39 is 26.3 Å². The second-order valence-electron chi connectivity index (χ2n) is 7.67. The van der Waals surface area contributed by atoms with Crippen molar-refractivity contribution in [2.24, 2.45) is 21.7 Å². The van der Waals surface area contributed by atoms with E-state index in [0.717, 1.165) is 38.5 Å². The van der Waals surface area contributed by atoms with Crippen molar-refractivity contribution in [3.8, 4) is 0 Å². The van der Waals surface area contributed by atoms with Crippen LogP contribution in [0, 0.1) is 16.7 Å². The van der Waals surface area contributed by atoms with Crippen molar-refractivity contribution >= 4 is 20.7 Å². The van der Waals surface area contributed by atoms with Crippen molar-refractivity contribution < 1.29 is 29.0 Å². The van der Waals surface area contributed by atoms with Crippen LogP contribution in [0.3, 0.4) is 0 Å². The molecule has 2 aliphatic carbocycles. The van der Waals surface area contributed by atoms with E-state index in [1.807, 2.05) is 6.92 Å². The van der Waals surface area contributed by atoms with E-state index in [9.17, 15) is 29.0 Å². The smallest absolute Gasteiger partial charge is 0.317 e. The van der Waals surface area contributed by atoms with Crippen LogP contribution >= 0.6 is 15.5 Å². The number of fused-ring (bicyclic) bond motifs is 2. The van der Waals surface area contributed by atoms with Gasteiger partial charge in [-0.1, -0.05) is 27.7 Å². The molecule has 2 fully saturated rings. The molecule has 0 heterocycles. The molecule has 0 saturated heterocycles. The second-order valence-corrected chi connectivity index (χ2v) is 11.1. The lowest BCUT2D eigenvalue weighted by Crippen LogP contribution is -2.56. The minimum Gasteiger partial charge on any atom is -0.317 e. The second kappa shape index (κ2) is 6.63. The first-order valence-electron chi connectivity index (χ1n) is 9.13. The quantitative estimate of drug-likeness (QED) is 0.331. The first-order valence-corrected chi connectivity index (χ1v) is 12.4. The molecular formula is C16H32NO6P2+. The average molecular weight is 396 g/mol. The number of nitrogens with zero attached hydrogens (tertiary/aromatic N) is 1. The van der Waals surface area contributed by atoms with Gasteiger partial charge in [0.1, 0.15) is 0 Å². The van der Waals surface area contributed by atoms with Gasteiger partial charge in [0.25, 0.3) is 0 Å². The summed E-state index contributed by atoms with van der Waals surface area (Å²) in [7, 11) is -10.0. The highest BCUT2D eigenvalue weighted by atomic mass is 31.3.